The number of thiophene rings is 1. The number of nitrogens with one attached hydrogen (secondary N) is 1. The van der Waals surface area contributed by atoms with Crippen LogP contribution in [0.1, 0.15) is 32.1 Å². The number of nitriles is 1. The van der Waals surface area contributed by atoms with Gasteiger partial charge in [0, 0.05) is 40.7 Å². The average molecular weight is 526 g/mol. The molecule has 0 unspecified atom stereocenters. The number of allylic oxidation sites excluding steroid dienone is 2. The van der Waals surface area contributed by atoms with Crippen molar-refractivity contribution in [2.24, 2.45) is 0 Å². The van der Waals surface area contributed by atoms with Crippen LogP contribution < -0.4 is 9.62 Å². The van der Waals surface area contributed by atoms with Gasteiger partial charge in [-0.15, -0.1) is 11.3 Å². The molecule has 1 aliphatic rings. The van der Waals surface area contributed by atoms with E-state index in [0.717, 1.165) is 52.4 Å². The molecule has 9 heteroatoms. The number of hydrogen-bond acceptors (Lipinski definition) is 7. The van der Waals surface area contributed by atoms with Crippen LogP contribution in [0.3, 0.4) is 0 Å². The monoisotopic (exact) mass is 525 g/mol. The van der Waals surface area contributed by atoms with E-state index in [1.165, 1.54) is 17.0 Å². The van der Waals surface area contributed by atoms with E-state index < -0.39 is 15.6 Å². The second kappa shape index (κ2) is 10.7. The summed E-state index contributed by atoms with van der Waals surface area (Å²) in [6.07, 6.45) is 0.239. The number of morpholine rings is 1. The maximum Gasteiger partial charge on any atom is 0.251 e. The summed E-state index contributed by atoms with van der Waals surface area (Å²) in [4.78, 5) is 3.73. The summed E-state index contributed by atoms with van der Waals surface area (Å²) >= 11 is 1.45. The number of fused-ring (bicyclic) bond motifs is 1. The van der Waals surface area contributed by atoms with Crippen molar-refractivity contribution in [3.8, 4) is 16.5 Å². The number of anilines is 1. The molecule has 0 amide bonds. The Morgan fingerprint density at radius 1 is 1.14 bits per heavy atom. The van der Waals surface area contributed by atoms with Crippen LogP contribution in [-0.2, 0) is 14.8 Å². The molecule has 0 aliphatic carbocycles. The molecule has 2 heterocycles. The van der Waals surface area contributed by atoms with Crippen molar-refractivity contribution in [1.82, 2.24) is 4.72 Å². The number of sulfonamides is 1. The topological polar surface area (TPSA) is 103 Å². The maximum atomic E-state index is 13.0. The van der Waals surface area contributed by atoms with E-state index in [1.54, 1.807) is 20.8 Å². The van der Waals surface area contributed by atoms with Crippen LogP contribution in [-0.4, -0.2) is 52.0 Å². The van der Waals surface area contributed by atoms with E-state index in [2.05, 4.69) is 46.0 Å². The van der Waals surface area contributed by atoms with Gasteiger partial charge in [-0.25, -0.2) is 13.1 Å². The van der Waals surface area contributed by atoms with Gasteiger partial charge >= 0.3 is 0 Å². The molecule has 7 nitrogen and oxygen atoms in total. The quantitative estimate of drug-likeness (QED) is 0.412. The van der Waals surface area contributed by atoms with Gasteiger partial charge in [-0.3, -0.25) is 0 Å². The van der Waals surface area contributed by atoms with Gasteiger partial charge in [0.15, 0.2) is 4.91 Å². The van der Waals surface area contributed by atoms with Crippen molar-refractivity contribution in [2.75, 3.05) is 37.8 Å². The minimum absolute atomic E-state index is 0.158. The number of nitrogens with zero attached hydrogens (tertiary/aromatic N) is 2. The SMILES string of the molecule is CC(=C(C#N)S(=O)(=O)NC(C)(C)CCO)c1ccc(-c2ccc3cc(N4CCOCC4)ccc3c2)s1. The van der Waals surface area contributed by atoms with Crippen LogP contribution in [0.25, 0.3) is 26.8 Å². The minimum atomic E-state index is -4.05. The molecule has 4 rings (SSSR count). The lowest BCUT2D eigenvalue weighted by Gasteiger charge is -2.29. The zero-order valence-corrected chi connectivity index (χ0v) is 22.4. The number of aliphatic hydroxyl groups excluding tert-OH is 1. The Kier molecular flexibility index (Phi) is 7.83. The first-order valence-corrected chi connectivity index (χ1v) is 14.2. The Morgan fingerprint density at radius 3 is 2.53 bits per heavy atom. The summed E-state index contributed by atoms with van der Waals surface area (Å²) in [7, 11) is -4.05. The predicted octanol–water partition coefficient (Wildman–Crippen LogP) is 4.74. The van der Waals surface area contributed by atoms with E-state index in [9.17, 15) is 18.8 Å². The van der Waals surface area contributed by atoms with Crippen LogP contribution in [0.4, 0.5) is 5.69 Å². The first-order valence-electron chi connectivity index (χ1n) is 11.9. The molecule has 1 fully saturated rings. The van der Waals surface area contributed by atoms with Crippen LogP contribution >= 0.6 is 11.3 Å². The summed E-state index contributed by atoms with van der Waals surface area (Å²) < 4.78 is 33.9. The third-order valence-electron chi connectivity index (χ3n) is 6.32. The van der Waals surface area contributed by atoms with E-state index in [0.29, 0.717) is 5.57 Å². The largest absolute Gasteiger partial charge is 0.396 e. The second-order valence-corrected chi connectivity index (χ2v) is 12.2. The zero-order chi connectivity index (χ0) is 25.9. The fraction of sp³-hybridized carbons (Fsp3) is 0.370. The number of hydrogen-bond donors (Lipinski definition) is 2. The van der Waals surface area contributed by atoms with E-state index in [4.69, 9.17) is 4.74 Å². The van der Waals surface area contributed by atoms with Crippen molar-refractivity contribution in [3.63, 3.8) is 0 Å². The maximum absolute atomic E-state index is 13.0. The number of rotatable bonds is 8. The molecule has 1 saturated heterocycles. The molecular weight excluding hydrogens is 494 g/mol. The van der Waals surface area contributed by atoms with Gasteiger partial charge in [-0.05, 0) is 79.4 Å². The number of aliphatic hydroxyl groups is 1. The van der Waals surface area contributed by atoms with Crippen LogP contribution in [0.2, 0.25) is 0 Å². The van der Waals surface area contributed by atoms with Crippen molar-refractivity contribution in [2.45, 2.75) is 32.7 Å². The molecule has 2 aromatic carbocycles. The first-order chi connectivity index (χ1) is 17.1. The van der Waals surface area contributed by atoms with Gasteiger partial charge in [0.1, 0.15) is 6.07 Å². The highest BCUT2D eigenvalue weighted by molar-refractivity contribution is 7.94. The number of benzene rings is 2. The second-order valence-electron chi connectivity index (χ2n) is 9.54. The minimum Gasteiger partial charge on any atom is -0.396 e. The molecule has 0 saturated carbocycles. The average Bonchev–Trinajstić information content (AvgIpc) is 3.34. The lowest BCUT2D eigenvalue weighted by Crippen LogP contribution is -2.44. The third kappa shape index (κ3) is 5.80. The highest BCUT2D eigenvalue weighted by Gasteiger charge is 2.29. The van der Waals surface area contributed by atoms with Gasteiger partial charge in [0.05, 0.1) is 13.2 Å². The van der Waals surface area contributed by atoms with Gasteiger partial charge in [-0.2, -0.15) is 5.26 Å². The van der Waals surface area contributed by atoms with Gasteiger partial charge in [0.2, 0.25) is 0 Å². The smallest absolute Gasteiger partial charge is 0.251 e. The molecule has 190 valence electrons. The molecule has 0 bridgehead atoms. The summed E-state index contributed by atoms with van der Waals surface area (Å²) in [5.74, 6) is 0. The van der Waals surface area contributed by atoms with E-state index in [-0.39, 0.29) is 17.9 Å². The van der Waals surface area contributed by atoms with E-state index in [1.807, 2.05) is 18.2 Å². The molecule has 36 heavy (non-hydrogen) atoms. The Hall–Kier alpha value is -2.74. The van der Waals surface area contributed by atoms with Crippen molar-refractivity contribution < 1.29 is 18.3 Å². The Bertz CT molecular complexity index is 1430. The Morgan fingerprint density at radius 2 is 1.83 bits per heavy atom. The lowest BCUT2D eigenvalue weighted by atomic mass is 10.0. The zero-order valence-electron chi connectivity index (χ0n) is 20.7. The van der Waals surface area contributed by atoms with Gasteiger partial charge in [0.25, 0.3) is 10.0 Å². The van der Waals surface area contributed by atoms with Crippen LogP contribution in [0.5, 0.6) is 0 Å². The third-order valence-corrected chi connectivity index (χ3v) is 9.33. The summed E-state index contributed by atoms with van der Waals surface area (Å²) in [5, 5.41) is 21.2. The van der Waals surface area contributed by atoms with E-state index >= 15 is 0 Å². The molecule has 0 atom stereocenters. The summed E-state index contributed by atoms with van der Waals surface area (Å²) in [6, 6.07) is 18.5. The standard InChI is InChI=1S/C27H31N3O4S2/c1-19(26(18-28)36(32,33)29-27(2,3)10-13-31)24-8-9-25(35-24)22-5-4-21-17-23(7-6-20(21)16-22)30-11-14-34-15-12-30/h4-9,16-17,29,31H,10-15H2,1-3H3. The van der Waals surface area contributed by atoms with Crippen molar-refractivity contribution in [3.05, 3.63) is 58.3 Å². The highest BCUT2D eigenvalue weighted by Crippen LogP contribution is 2.36. The molecule has 0 spiro atoms. The van der Waals surface area contributed by atoms with Crippen LogP contribution in [0.15, 0.2) is 53.4 Å². The van der Waals surface area contributed by atoms with Gasteiger partial charge in [-0.1, -0.05) is 18.2 Å². The molecule has 3 aromatic rings. The molecule has 0 radical (unpaired) electrons. The fourth-order valence-corrected chi connectivity index (χ4v) is 6.94. The number of ether oxygens (including phenoxy) is 1. The highest BCUT2D eigenvalue weighted by atomic mass is 32.2. The van der Waals surface area contributed by atoms with Crippen LogP contribution in [0, 0.1) is 11.3 Å². The van der Waals surface area contributed by atoms with Gasteiger partial charge < -0.3 is 14.7 Å². The lowest BCUT2D eigenvalue weighted by molar-refractivity contribution is 0.122. The predicted molar refractivity (Wildman–Crippen MR) is 146 cm³/mol. The Labute approximate surface area is 216 Å². The summed E-state index contributed by atoms with van der Waals surface area (Å²) in [5.41, 5.74) is 1.76. The van der Waals surface area contributed by atoms with Crippen molar-refractivity contribution in [1.29, 1.82) is 5.26 Å². The summed E-state index contributed by atoms with van der Waals surface area (Å²) in [6.45, 7) is 8.13. The van der Waals surface area contributed by atoms with Crippen molar-refractivity contribution >= 4 is 43.4 Å². The normalized spacial score (nSPS) is 15.6. The first kappa shape index (κ1) is 26.3. The molecule has 2 N–H and O–H groups in total. The molecule has 1 aromatic heterocycles. The Balaban J connectivity index is 1.61. The fourth-order valence-electron chi connectivity index (χ4n) is 4.30. The molecule has 1 aliphatic heterocycles. The molecular formula is C27H31N3O4S2.